The van der Waals surface area contributed by atoms with Gasteiger partial charge in [-0.25, -0.2) is 0 Å². The molecule has 0 bridgehead atoms. The Morgan fingerprint density at radius 2 is 0.875 bits per heavy atom. The third kappa shape index (κ3) is 6.76. The average Bonchev–Trinajstić information content (AvgIpc) is 3.14. The Bertz CT molecular complexity index is 1880. The van der Waals surface area contributed by atoms with Crippen LogP contribution in [0.2, 0.25) is 0 Å². The minimum absolute atomic E-state index is 0.471. The molecule has 0 radical (unpaired) electrons. The van der Waals surface area contributed by atoms with E-state index in [0.29, 0.717) is 40.2 Å². The Kier molecular flexibility index (Phi) is 9.21. The lowest BCUT2D eigenvalue weighted by atomic mass is 9.89. The number of allylic oxidation sites excluding steroid dienone is 1. The van der Waals surface area contributed by atoms with Crippen molar-refractivity contribution >= 4 is 53.6 Å². The van der Waals surface area contributed by atoms with Gasteiger partial charge in [0.05, 0.1) is 5.54 Å². The first-order chi connectivity index (χ1) is 23.4. The van der Waals surface area contributed by atoms with Crippen LogP contribution < -0.4 is 14.5 Å². The molecule has 7 heteroatoms. The molecule has 236 valence electrons. The quantitative estimate of drug-likeness (QED) is 0.127. The van der Waals surface area contributed by atoms with Gasteiger partial charge in [0, 0.05) is 50.7 Å². The van der Waals surface area contributed by atoms with Crippen molar-refractivity contribution in [3.8, 4) is 5.75 Å². The van der Waals surface area contributed by atoms with E-state index in [4.69, 9.17) is 4.74 Å². The van der Waals surface area contributed by atoms with Crippen molar-refractivity contribution in [2.45, 2.75) is 18.9 Å². The van der Waals surface area contributed by atoms with Crippen molar-refractivity contribution in [2.75, 3.05) is 9.80 Å². The molecule has 0 N–H and O–H groups in total. The molecular formula is C41H32N2O5. The first kappa shape index (κ1) is 31.6. The van der Waals surface area contributed by atoms with E-state index < -0.39 is 5.54 Å². The van der Waals surface area contributed by atoms with Gasteiger partial charge < -0.3 is 14.5 Å². The lowest BCUT2D eigenvalue weighted by Gasteiger charge is -2.42. The summed E-state index contributed by atoms with van der Waals surface area (Å²) in [6.07, 6.45) is 10.0. The second-order valence-electron chi connectivity index (χ2n) is 11.6. The number of hydrogen-bond acceptors (Lipinski definition) is 7. The predicted molar refractivity (Wildman–Crippen MR) is 189 cm³/mol. The molecule has 6 rings (SSSR count). The molecule has 0 aliphatic heterocycles. The second-order valence-corrected chi connectivity index (χ2v) is 11.6. The van der Waals surface area contributed by atoms with Gasteiger partial charge in [0.15, 0.2) is 0 Å². The first-order valence-corrected chi connectivity index (χ1v) is 15.4. The standard InChI is InChI=1S/C41H32N2O5/c1-41(43(37-14-6-32(28-46)7-15-37)38-16-8-33(29-47)9-17-38)24-22-40(23-25-41)48-39-20-18-36(19-21-39)42(34-10-2-30(26-44)3-11-34)35-12-4-31(27-45)5-13-35/h2-24,26-29H,25H2,1H3. The lowest BCUT2D eigenvalue weighted by Crippen LogP contribution is -2.42. The van der Waals surface area contributed by atoms with E-state index in [1.165, 1.54) is 0 Å². The topological polar surface area (TPSA) is 84.0 Å². The summed E-state index contributed by atoms with van der Waals surface area (Å²) in [5.41, 5.74) is 6.28. The number of carbonyl (C=O) groups is 4. The van der Waals surface area contributed by atoms with Crippen molar-refractivity contribution in [3.63, 3.8) is 0 Å². The molecule has 0 saturated heterocycles. The van der Waals surface area contributed by atoms with Crippen LogP contribution in [0.4, 0.5) is 28.4 Å². The van der Waals surface area contributed by atoms with Crippen LogP contribution in [0, 0.1) is 0 Å². The van der Waals surface area contributed by atoms with Crippen LogP contribution in [0.1, 0.15) is 54.8 Å². The summed E-state index contributed by atoms with van der Waals surface area (Å²) in [5, 5.41) is 0. The number of aldehydes is 4. The molecule has 0 fully saturated rings. The molecule has 0 spiro atoms. The van der Waals surface area contributed by atoms with Crippen molar-refractivity contribution < 1.29 is 23.9 Å². The lowest BCUT2D eigenvalue weighted by molar-refractivity contribution is 0.111. The van der Waals surface area contributed by atoms with E-state index in [0.717, 1.165) is 53.6 Å². The van der Waals surface area contributed by atoms with E-state index in [2.05, 4.69) is 24.0 Å². The summed E-state index contributed by atoms with van der Waals surface area (Å²) in [4.78, 5) is 49.3. The molecule has 0 aromatic heterocycles. The fourth-order valence-electron chi connectivity index (χ4n) is 5.74. The zero-order valence-corrected chi connectivity index (χ0v) is 26.2. The zero-order valence-electron chi connectivity index (χ0n) is 26.2. The van der Waals surface area contributed by atoms with Crippen molar-refractivity contribution in [2.24, 2.45) is 0 Å². The van der Waals surface area contributed by atoms with Crippen molar-refractivity contribution in [1.29, 1.82) is 0 Å². The maximum absolute atomic E-state index is 11.3. The smallest absolute Gasteiger partial charge is 0.150 e. The number of rotatable bonds is 12. The molecule has 1 unspecified atom stereocenters. The maximum atomic E-state index is 11.3. The first-order valence-electron chi connectivity index (χ1n) is 15.4. The minimum atomic E-state index is -0.471. The predicted octanol–water partition coefficient (Wildman–Crippen LogP) is 9.23. The van der Waals surface area contributed by atoms with E-state index >= 15 is 0 Å². The Morgan fingerprint density at radius 1 is 0.521 bits per heavy atom. The summed E-state index contributed by atoms with van der Waals surface area (Å²) in [6, 6.07) is 37.2. The summed E-state index contributed by atoms with van der Waals surface area (Å²) in [5.74, 6) is 1.37. The molecule has 5 aromatic carbocycles. The third-order valence-electron chi connectivity index (χ3n) is 8.31. The number of hydrogen-bond donors (Lipinski definition) is 0. The molecule has 7 nitrogen and oxygen atoms in total. The molecule has 48 heavy (non-hydrogen) atoms. The van der Waals surface area contributed by atoms with E-state index in [1.807, 2.05) is 83.8 Å². The number of ether oxygens (including phenoxy) is 1. The summed E-state index contributed by atoms with van der Waals surface area (Å²) in [6.45, 7) is 2.13. The van der Waals surface area contributed by atoms with Gasteiger partial charge in [0.25, 0.3) is 0 Å². The fourth-order valence-corrected chi connectivity index (χ4v) is 5.74. The average molecular weight is 633 g/mol. The largest absolute Gasteiger partial charge is 0.458 e. The van der Waals surface area contributed by atoms with Crippen LogP contribution in [0.3, 0.4) is 0 Å². The van der Waals surface area contributed by atoms with Crippen LogP contribution in [0.25, 0.3) is 0 Å². The Morgan fingerprint density at radius 3 is 1.21 bits per heavy atom. The van der Waals surface area contributed by atoms with Gasteiger partial charge >= 0.3 is 0 Å². The van der Waals surface area contributed by atoms with Gasteiger partial charge in [-0.15, -0.1) is 0 Å². The molecule has 5 aromatic rings. The molecule has 0 saturated carbocycles. The van der Waals surface area contributed by atoms with Gasteiger partial charge in [-0.05, 0) is 147 Å². The molecular weight excluding hydrogens is 600 g/mol. The van der Waals surface area contributed by atoms with E-state index in [1.54, 1.807) is 48.5 Å². The Hall–Kier alpha value is -6.34. The van der Waals surface area contributed by atoms with E-state index in [9.17, 15) is 19.2 Å². The minimum Gasteiger partial charge on any atom is -0.458 e. The van der Waals surface area contributed by atoms with Crippen LogP contribution in [0.5, 0.6) is 5.75 Å². The highest BCUT2D eigenvalue weighted by atomic mass is 16.5. The highest BCUT2D eigenvalue weighted by Gasteiger charge is 2.32. The summed E-state index contributed by atoms with van der Waals surface area (Å²) >= 11 is 0. The van der Waals surface area contributed by atoms with Gasteiger partial charge in [-0.1, -0.05) is 6.08 Å². The number of benzene rings is 5. The maximum Gasteiger partial charge on any atom is 0.150 e. The van der Waals surface area contributed by atoms with Gasteiger partial charge in [0.1, 0.15) is 36.7 Å². The molecule has 1 aliphatic carbocycles. The Labute approximate surface area is 279 Å². The number of nitrogens with zero attached hydrogens (tertiary/aromatic N) is 2. The summed E-state index contributed by atoms with van der Waals surface area (Å²) in [7, 11) is 0. The van der Waals surface area contributed by atoms with Crippen molar-refractivity contribution in [3.05, 3.63) is 168 Å². The molecule has 1 aliphatic rings. The van der Waals surface area contributed by atoms with Crippen LogP contribution in [-0.4, -0.2) is 30.7 Å². The third-order valence-corrected chi connectivity index (χ3v) is 8.31. The Balaban J connectivity index is 1.23. The van der Waals surface area contributed by atoms with Crippen molar-refractivity contribution in [1.82, 2.24) is 0 Å². The van der Waals surface area contributed by atoms with Gasteiger partial charge in [-0.2, -0.15) is 0 Å². The van der Waals surface area contributed by atoms with Gasteiger partial charge in [-0.3, -0.25) is 19.2 Å². The van der Waals surface area contributed by atoms with Crippen LogP contribution in [0.15, 0.2) is 145 Å². The number of anilines is 5. The number of carbonyl (C=O) groups excluding carboxylic acids is 4. The summed E-state index contributed by atoms with van der Waals surface area (Å²) < 4.78 is 6.29. The van der Waals surface area contributed by atoms with Crippen LogP contribution in [-0.2, 0) is 0 Å². The molecule has 1 atom stereocenters. The van der Waals surface area contributed by atoms with Gasteiger partial charge in [0.2, 0.25) is 0 Å². The monoisotopic (exact) mass is 632 g/mol. The highest BCUT2D eigenvalue weighted by Crippen LogP contribution is 2.40. The van der Waals surface area contributed by atoms with Crippen LogP contribution >= 0.6 is 0 Å². The van der Waals surface area contributed by atoms with E-state index in [-0.39, 0.29) is 0 Å². The molecule has 0 heterocycles. The SMILES string of the molecule is CC1(N(c2ccc(C=O)cc2)c2ccc(C=O)cc2)C=CC(Oc2ccc(N(c3ccc(C=O)cc3)c3ccc(C=O)cc3)cc2)=CC1. The highest BCUT2D eigenvalue weighted by molar-refractivity contribution is 5.83. The second kappa shape index (κ2) is 14.0. The fraction of sp³-hybridized carbons (Fsp3) is 0.0732. The molecule has 0 amide bonds. The normalized spacial score (nSPS) is 15.1. The zero-order chi connectivity index (χ0) is 33.5.